The van der Waals surface area contributed by atoms with Crippen LogP contribution in [0.2, 0.25) is 0 Å². The zero-order valence-corrected chi connectivity index (χ0v) is 10.9. The summed E-state index contributed by atoms with van der Waals surface area (Å²) in [5.74, 6) is 0.977. The molecular formula is C16H18N2O. The summed E-state index contributed by atoms with van der Waals surface area (Å²) in [4.78, 5) is 18.0. The van der Waals surface area contributed by atoms with Crippen molar-refractivity contribution in [1.29, 1.82) is 0 Å². The number of aromatic amines is 1. The Bertz CT molecular complexity index is 622. The Morgan fingerprint density at radius 2 is 2.05 bits per heavy atom. The van der Waals surface area contributed by atoms with Crippen molar-refractivity contribution in [2.24, 2.45) is 5.92 Å². The molecule has 0 bridgehead atoms. The molecule has 2 fully saturated rings. The third-order valence-corrected chi connectivity index (χ3v) is 4.20. The maximum atomic E-state index is 12.7. The maximum Gasteiger partial charge on any atom is 0.254 e. The lowest BCUT2D eigenvalue weighted by molar-refractivity contribution is 0.0735. The first-order valence-corrected chi connectivity index (χ1v) is 7.19. The highest BCUT2D eigenvalue weighted by Crippen LogP contribution is 2.35. The summed E-state index contributed by atoms with van der Waals surface area (Å²) >= 11 is 0. The number of rotatable bonds is 4. The van der Waals surface area contributed by atoms with E-state index in [0.717, 1.165) is 28.9 Å². The lowest BCUT2D eigenvalue weighted by Gasteiger charge is -2.22. The van der Waals surface area contributed by atoms with Crippen molar-refractivity contribution < 1.29 is 4.79 Å². The molecule has 1 N–H and O–H groups in total. The molecule has 2 aliphatic carbocycles. The Hall–Kier alpha value is -1.77. The molecule has 1 aromatic heterocycles. The average molecular weight is 254 g/mol. The van der Waals surface area contributed by atoms with Crippen LogP contribution in [0.15, 0.2) is 30.5 Å². The number of hydrogen-bond acceptors (Lipinski definition) is 1. The number of carbonyl (C=O) groups is 1. The highest BCUT2D eigenvalue weighted by molar-refractivity contribution is 5.98. The zero-order chi connectivity index (χ0) is 12.8. The molecule has 0 spiro atoms. The first kappa shape index (κ1) is 11.1. The smallest absolute Gasteiger partial charge is 0.254 e. The number of carbonyl (C=O) groups excluding carboxylic acids is 1. The molecule has 1 aromatic carbocycles. The largest absolute Gasteiger partial charge is 0.361 e. The molecule has 0 radical (unpaired) electrons. The molecule has 19 heavy (non-hydrogen) atoms. The molecule has 2 aromatic rings. The first-order valence-electron chi connectivity index (χ1n) is 7.19. The number of H-pyrrole nitrogens is 1. The summed E-state index contributed by atoms with van der Waals surface area (Å²) in [5.41, 5.74) is 1.87. The molecule has 4 rings (SSSR count). The summed E-state index contributed by atoms with van der Waals surface area (Å²) < 4.78 is 0. The van der Waals surface area contributed by atoms with E-state index in [-0.39, 0.29) is 5.91 Å². The van der Waals surface area contributed by atoms with Gasteiger partial charge in [-0.05, 0) is 55.2 Å². The topological polar surface area (TPSA) is 36.1 Å². The molecule has 1 heterocycles. The predicted octanol–water partition coefficient (Wildman–Crippen LogP) is 3.18. The van der Waals surface area contributed by atoms with Crippen LogP contribution in [-0.2, 0) is 0 Å². The van der Waals surface area contributed by atoms with Gasteiger partial charge in [-0.15, -0.1) is 0 Å². The lowest BCUT2D eigenvalue weighted by atomic mass is 10.1. The quantitative estimate of drug-likeness (QED) is 0.893. The molecule has 2 saturated carbocycles. The van der Waals surface area contributed by atoms with Gasteiger partial charge >= 0.3 is 0 Å². The van der Waals surface area contributed by atoms with E-state index in [1.165, 1.54) is 25.7 Å². The highest BCUT2D eigenvalue weighted by Gasteiger charge is 2.36. The Morgan fingerprint density at radius 3 is 2.79 bits per heavy atom. The van der Waals surface area contributed by atoms with Crippen LogP contribution in [0.25, 0.3) is 10.9 Å². The van der Waals surface area contributed by atoms with Gasteiger partial charge in [-0.3, -0.25) is 4.79 Å². The van der Waals surface area contributed by atoms with Gasteiger partial charge in [-0.25, -0.2) is 0 Å². The van der Waals surface area contributed by atoms with Gasteiger partial charge in [-0.2, -0.15) is 0 Å². The van der Waals surface area contributed by atoms with Crippen molar-refractivity contribution in [2.45, 2.75) is 31.7 Å². The molecule has 0 unspecified atom stereocenters. The van der Waals surface area contributed by atoms with Gasteiger partial charge in [0.25, 0.3) is 5.91 Å². The van der Waals surface area contributed by atoms with E-state index in [4.69, 9.17) is 0 Å². The third kappa shape index (κ3) is 2.14. The Balaban J connectivity index is 1.62. The van der Waals surface area contributed by atoms with Crippen molar-refractivity contribution in [3.8, 4) is 0 Å². The monoisotopic (exact) mass is 254 g/mol. The fourth-order valence-electron chi connectivity index (χ4n) is 2.71. The maximum absolute atomic E-state index is 12.7. The Kier molecular flexibility index (Phi) is 2.40. The number of benzene rings is 1. The van der Waals surface area contributed by atoms with Crippen molar-refractivity contribution in [1.82, 2.24) is 9.88 Å². The van der Waals surface area contributed by atoms with Crippen LogP contribution in [0.3, 0.4) is 0 Å². The average Bonchev–Trinajstić information content (AvgIpc) is 3.33. The first-order chi connectivity index (χ1) is 9.31. The van der Waals surface area contributed by atoms with Crippen LogP contribution in [0.4, 0.5) is 0 Å². The van der Waals surface area contributed by atoms with Crippen LogP contribution in [0.5, 0.6) is 0 Å². The zero-order valence-electron chi connectivity index (χ0n) is 10.9. The van der Waals surface area contributed by atoms with E-state index < -0.39 is 0 Å². The summed E-state index contributed by atoms with van der Waals surface area (Å²) in [5, 5.41) is 1.16. The van der Waals surface area contributed by atoms with Crippen LogP contribution < -0.4 is 0 Å². The van der Waals surface area contributed by atoms with E-state index in [9.17, 15) is 4.79 Å². The second kappa shape index (κ2) is 4.12. The number of amides is 1. The number of nitrogens with zero attached hydrogens (tertiary/aromatic N) is 1. The molecule has 98 valence electrons. The molecule has 2 aliphatic rings. The van der Waals surface area contributed by atoms with Gasteiger partial charge in [0.1, 0.15) is 0 Å². The van der Waals surface area contributed by atoms with Gasteiger partial charge in [0.05, 0.1) is 0 Å². The van der Waals surface area contributed by atoms with Gasteiger partial charge in [0, 0.05) is 29.9 Å². The number of nitrogens with one attached hydrogen (secondary N) is 1. The minimum absolute atomic E-state index is 0.214. The fraction of sp³-hybridized carbons (Fsp3) is 0.438. The summed E-state index contributed by atoms with van der Waals surface area (Å²) in [6.45, 7) is 0.965. The van der Waals surface area contributed by atoms with Gasteiger partial charge < -0.3 is 9.88 Å². The molecule has 0 saturated heterocycles. The molecule has 0 aliphatic heterocycles. The minimum atomic E-state index is 0.214. The third-order valence-electron chi connectivity index (χ3n) is 4.20. The Morgan fingerprint density at radius 1 is 1.21 bits per heavy atom. The second-order valence-corrected chi connectivity index (χ2v) is 5.91. The summed E-state index contributed by atoms with van der Waals surface area (Å²) in [6.07, 6.45) is 6.88. The van der Waals surface area contributed by atoms with Crippen LogP contribution in [0, 0.1) is 5.92 Å². The van der Waals surface area contributed by atoms with E-state index in [0.29, 0.717) is 6.04 Å². The van der Waals surface area contributed by atoms with Crippen molar-refractivity contribution >= 4 is 16.8 Å². The van der Waals surface area contributed by atoms with Crippen LogP contribution in [-0.4, -0.2) is 28.4 Å². The molecular weight excluding hydrogens is 236 g/mol. The van der Waals surface area contributed by atoms with Gasteiger partial charge in [0.15, 0.2) is 0 Å². The highest BCUT2D eigenvalue weighted by atomic mass is 16.2. The number of hydrogen-bond donors (Lipinski definition) is 1. The summed E-state index contributed by atoms with van der Waals surface area (Å²) in [7, 11) is 0. The number of fused-ring (bicyclic) bond motifs is 1. The second-order valence-electron chi connectivity index (χ2n) is 5.91. The van der Waals surface area contributed by atoms with Crippen molar-refractivity contribution in [2.75, 3.05) is 6.54 Å². The van der Waals surface area contributed by atoms with Crippen molar-refractivity contribution in [3.05, 3.63) is 36.0 Å². The minimum Gasteiger partial charge on any atom is -0.361 e. The van der Waals surface area contributed by atoms with E-state index in [1.54, 1.807) is 0 Å². The van der Waals surface area contributed by atoms with Crippen molar-refractivity contribution in [3.63, 3.8) is 0 Å². The molecule has 1 amide bonds. The predicted molar refractivity (Wildman–Crippen MR) is 75.1 cm³/mol. The molecule has 3 heteroatoms. The normalized spacial score (nSPS) is 18.7. The molecule has 0 atom stereocenters. The van der Waals surface area contributed by atoms with Gasteiger partial charge in [-0.1, -0.05) is 6.07 Å². The van der Waals surface area contributed by atoms with Gasteiger partial charge in [0.2, 0.25) is 0 Å². The van der Waals surface area contributed by atoms with Crippen LogP contribution >= 0.6 is 0 Å². The summed E-state index contributed by atoms with van der Waals surface area (Å²) in [6, 6.07) is 8.52. The lowest BCUT2D eigenvalue weighted by Crippen LogP contribution is -2.34. The van der Waals surface area contributed by atoms with E-state index in [2.05, 4.69) is 9.88 Å². The fourth-order valence-corrected chi connectivity index (χ4v) is 2.71. The van der Waals surface area contributed by atoms with Crippen LogP contribution in [0.1, 0.15) is 36.0 Å². The standard InChI is InChI=1S/C16H18N2O/c19-16(18(14-5-6-14)10-11-1-2-11)13-4-3-12-7-8-17-15(12)9-13/h3-4,7-9,11,14,17H,1-2,5-6,10H2. The SMILES string of the molecule is O=C(c1ccc2cc[nH]c2c1)N(CC1CC1)C1CC1. The number of aromatic nitrogens is 1. The Labute approximate surface area is 112 Å². The molecule has 3 nitrogen and oxygen atoms in total. The van der Waals surface area contributed by atoms with E-state index in [1.807, 2.05) is 30.5 Å². The van der Waals surface area contributed by atoms with E-state index >= 15 is 0 Å².